The fourth-order valence-electron chi connectivity index (χ4n) is 3.09. The van der Waals surface area contributed by atoms with Gasteiger partial charge >= 0.3 is 0 Å². The lowest BCUT2D eigenvalue weighted by molar-refractivity contribution is 0.436. The topological polar surface area (TPSA) is 70.3 Å². The van der Waals surface area contributed by atoms with Gasteiger partial charge in [0.1, 0.15) is 11.5 Å². The highest BCUT2D eigenvalue weighted by Gasteiger charge is 2.28. The highest BCUT2D eigenvalue weighted by molar-refractivity contribution is 5.79. The summed E-state index contributed by atoms with van der Waals surface area (Å²) in [4.78, 5) is 0. The molecule has 0 fully saturated rings. The normalized spacial score (nSPS) is 15.7. The Kier molecular flexibility index (Phi) is 2.84. The Morgan fingerprint density at radius 1 is 1.04 bits per heavy atom. The van der Waals surface area contributed by atoms with Gasteiger partial charge in [-0.3, -0.25) is 0 Å². The van der Waals surface area contributed by atoms with Crippen molar-refractivity contribution in [3.05, 3.63) is 59.3 Å². The number of anilines is 1. The molecule has 3 N–H and O–H groups in total. The van der Waals surface area contributed by atoms with Gasteiger partial charge in [-0.15, -0.1) is 0 Å². The molecular formula is C18H17N3O2. The zero-order chi connectivity index (χ0) is 16.1. The van der Waals surface area contributed by atoms with Gasteiger partial charge in [0.25, 0.3) is 0 Å². The van der Waals surface area contributed by atoms with Crippen LogP contribution in [0.4, 0.5) is 5.69 Å². The van der Waals surface area contributed by atoms with E-state index in [-0.39, 0.29) is 17.7 Å². The number of phenols is 2. The van der Waals surface area contributed by atoms with Crippen LogP contribution in [-0.4, -0.2) is 20.0 Å². The first-order valence-corrected chi connectivity index (χ1v) is 7.48. The number of aromatic hydroxyl groups is 2. The first-order chi connectivity index (χ1) is 11.0. The summed E-state index contributed by atoms with van der Waals surface area (Å²) >= 11 is 0. The van der Waals surface area contributed by atoms with Crippen LogP contribution in [0.3, 0.4) is 0 Å². The third kappa shape index (κ3) is 2.12. The van der Waals surface area contributed by atoms with Crippen LogP contribution in [0, 0.1) is 13.8 Å². The third-order valence-corrected chi connectivity index (χ3v) is 4.15. The molecule has 2 heterocycles. The summed E-state index contributed by atoms with van der Waals surface area (Å²) < 4.78 is 1.88. The van der Waals surface area contributed by atoms with Crippen LogP contribution >= 0.6 is 0 Å². The number of hydrogen-bond donors (Lipinski definition) is 3. The number of hydrogen-bond acceptors (Lipinski definition) is 4. The maximum atomic E-state index is 10.2. The van der Waals surface area contributed by atoms with Crippen LogP contribution in [0.25, 0.3) is 11.3 Å². The molecule has 0 bridgehead atoms. The molecule has 4 rings (SSSR count). The van der Waals surface area contributed by atoms with Gasteiger partial charge in [-0.1, -0.05) is 11.6 Å². The first-order valence-electron chi connectivity index (χ1n) is 7.48. The zero-order valence-electron chi connectivity index (χ0n) is 12.9. The molecule has 0 spiro atoms. The number of nitrogens with zero attached hydrogens (tertiary/aromatic N) is 2. The Morgan fingerprint density at radius 2 is 1.87 bits per heavy atom. The smallest absolute Gasteiger partial charge is 0.150 e. The van der Waals surface area contributed by atoms with Gasteiger partial charge in [0.2, 0.25) is 0 Å². The predicted octanol–water partition coefficient (Wildman–Crippen LogP) is 3.55. The van der Waals surface area contributed by atoms with E-state index >= 15 is 0 Å². The maximum Gasteiger partial charge on any atom is 0.150 e. The molecule has 1 aliphatic rings. The number of aromatic nitrogens is 2. The number of benzene rings is 2. The quantitative estimate of drug-likeness (QED) is 0.643. The molecule has 1 aliphatic heterocycles. The molecule has 23 heavy (non-hydrogen) atoms. The lowest BCUT2D eigenvalue weighted by Crippen LogP contribution is -2.25. The van der Waals surface area contributed by atoms with Gasteiger partial charge in [0, 0.05) is 22.9 Å². The number of nitrogens with one attached hydrogen (secondary N) is 1. The Hall–Kier alpha value is -2.95. The summed E-state index contributed by atoms with van der Waals surface area (Å²) in [5.74, 6) is 0.0760. The number of aryl methyl sites for hydroxylation is 2. The van der Waals surface area contributed by atoms with Gasteiger partial charge in [0.15, 0.2) is 6.17 Å². The Labute approximate surface area is 133 Å². The van der Waals surface area contributed by atoms with Crippen molar-refractivity contribution in [3.63, 3.8) is 0 Å². The van der Waals surface area contributed by atoms with E-state index in [9.17, 15) is 10.2 Å². The van der Waals surface area contributed by atoms with Crippen molar-refractivity contribution in [3.8, 4) is 22.8 Å². The second-order valence-electron chi connectivity index (χ2n) is 5.95. The van der Waals surface area contributed by atoms with Crippen LogP contribution in [0.15, 0.2) is 42.5 Å². The minimum absolute atomic E-state index is 0.0370. The fourth-order valence-corrected chi connectivity index (χ4v) is 3.09. The summed E-state index contributed by atoms with van der Waals surface area (Å²) in [7, 11) is 0. The Balaban J connectivity index is 1.92. The summed E-state index contributed by atoms with van der Waals surface area (Å²) in [6.07, 6.45) is -0.325. The Morgan fingerprint density at radius 3 is 2.65 bits per heavy atom. The van der Waals surface area contributed by atoms with Crippen molar-refractivity contribution in [2.45, 2.75) is 20.0 Å². The average Bonchev–Trinajstić information content (AvgIpc) is 2.89. The summed E-state index contributed by atoms with van der Waals surface area (Å²) in [5.41, 5.74) is 5.87. The molecule has 0 amide bonds. The van der Waals surface area contributed by atoms with E-state index in [1.165, 1.54) is 11.6 Å². The van der Waals surface area contributed by atoms with Crippen molar-refractivity contribution in [1.29, 1.82) is 0 Å². The van der Waals surface area contributed by atoms with E-state index in [1.54, 1.807) is 12.1 Å². The highest BCUT2D eigenvalue weighted by Crippen LogP contribution is 2.41. The SMILES string of the molecule is Cc1ccc2c(c1)-c1cc(C)nn1[C@@H](c1ccc(O)cc1O)N2. The first kappa shape index (κ1) is 13.7. The minimum atomic E-state index is -0.325. The predicted molar refractivity (Wildman–Crippen MR) is 88.7 cm³/mol. The lowest BCUT2D eigenvalue weighted by Gasteiger charge is -2.29. The molecule has 0 radical (unpaired) electrons. The lowest BCUT2D eigenvalue weighted by atomic mass is 10.0. The summed E-state index contributed by atoms with van der Waals surface area (Å²) in [6, 6.07) is 12.9. The van der Waals surface area contributed by atoms with Crippen molar-refractivity contribution < 1.29 is 10.2 Å². The second-order valence-corrected chi connectivity index (χ2v) is 5.95. The molecule has 0 saturated heterocycles. The van der Waals surface area contributed by atoms with Crippen LogP contribution in [0.1, 0.15) is 23.0 Å². The highest BCUT2D eigenvalue weighted by atomic mass is 16.3. The molecule has 5 heteroatoms. The van der Waals surface area contributed by atoms with Crippen molar-refractivity contribution >= 4 is 5.69 Å². The van der Waals surface area contributed by atoms with Crippen molar-refractivity contribution in [2.75, 3.05) is 5.32 Å². The zero-order valence-corrected chi connectivity index (χ0v) is 12.9. The summed E-state index contributed by atoms with van der Waals surface area (Å²) in [5, 5.41) is 27.8. The van der Waals surface area contributed by atoms with E-state index in [4.69, 9.17) is 0 Å². The van der Waals surface area contributed by atoms with Crippen LogP contribution < -0.4 is 5.32 Å². The van der Waals surface area contributed by atoms with Crippen molar-refractivity contribution in [2.24, 2.45) is 0 Å². The van der Waals surface area contributed by atoms with Crippen LogP contribution in [0.2, 0.25) is 0 Å². The van der Waals surface area contributed by atoms with E-state index in [1.807, 2.05) is 23.7 Å². The van der Waals surface area contributed by atoms with Crippen LogP contribution in [0.5, 0.6) is 11.5 Å². The number of rotatable bonds is 1. The third-order valence-electron chi connectivity index (χ3n) is 4.15. The van der Waals surface area contributed by atoms with E-state index in [0.29, 0.717) is 5.56 Å². The molecule has 1 atom stereocenters. The maximum absolute atomic E-state index is 10.2. The fraction of sp³-hybridized carbons (Fsp3) is 0.167. The monoisotopic (exact) mass is 307 g/mol. The largest absolute Gasteiger partial charge is 0.508 e. The summed E-state index contributed by atoms with van der Waals surface area (Å²) in [6.45, 7) is 4.01. The minimum Gasteiger partial charge on any atom is -0.508 e. The van der Waals surface area contributed by atoms with Crippen molar-refractivity contribution in [1.82, 2.24) is 9.78 Å². The average molecular weight is 307 g/mol. The Bertz CT molecular complexity index is 915. The second kappa shape index (κ2) is 4.78. The van der Waals surface area contributed by atoms with Gasteiger partial charge in [-0.25, -0.2) is 4.68 Å². The number of phenolic OH excluding ortho intramolecular Hbond substituents is 2. The van der Waals surface area contributed by atoms with E-state index < -0.39 is 0 Å². The molecule has 2 aromatic carbocycles. The molecule has 0 unspecified atom stereocenters. The van der Waals surface area contributed by atoms with Gasteiger partial charge in [0.05, 0.1) is 11.4 Å². The van der Waals surface area contributed by atoms with Crippen LogP contribution in [-0.2, 0) is 0 Å². The molecule has 1 aromatic heterocycles. The molecule has 3 aromatic rings. The van der Waals surface area contributed by atoms with Gasteiger partial charge in [-0.2, -0.15) is 5.10 Å². The molecule has 5 nitrogen and oxygen atoms in total. The van der Waals surface area contributed by atoms with E-state index in [2.05, 4.69) is 29.5 Å². The van der Waals surface area contributed by atoms with Gasteiger partial charge in [-0.05, 0) is 44.2 Å². The molecule has 0 aliphatic carbocycles. The van der Waals surface area contributed by atoms with Gasteiger partial charge < -0.3 is 15.5 Å². The molecule has 116 valence electrons. The molecular weight excluding hydrogens is 290 g/mol. The van der Waals surface area contributed by atoms with E-state index in [0.717, 1.165) is 22.6 Å². The number of fused-ring (bicyclic) bond motifs is 3. The standard InChI is InChI=1S/C18H17N3O2/c1-10-3-6-15-14(7-10)16-8-11(2)20-21(16)18(19-15)13-5-4-12(22)9-17(13)23/h3-9,18-19,22-23H,1-2H3/t18-/m0/s1. The molecule has 0 saturated carbocycles.